The molecule has 36 heavy (non-hydrogen) atoms. The third kappa shape index (κ3) is 20.5. The van der Waals surface area contributed by atoms with Crippen LogP contribution in [-0.4, -0.2) is 79.2 Å². The number of quaternary nitrogens is 1. The summed E-state index contributed by atoms with van der Waals surface area (Å²) in [5.41, 5.74) is 0. The Kier molecular flexibility index (Phi) is 19.4. The standard InChI is InChI=1S/C28H56N4O4/c1-23(2)29-27(35)19-18-25(28(36)30-24(3)4)31-26(34)17-13-11-9-7-8-10-12-14-20-32(5,6)21-15-16-22-33/h23-25,33H,7-22H2,1-6H3,(H2-,29,30,31,34,35,36)/p+1. The third-order valence-corrected chi connectivity index (χ3v) is 6.28. The Morgan fingerprint density at radius 1 is 0.639 bits per heavy atom. The van der Waals surface area contributed by atoms with Crippen LogP contribution in [0.3, 0.4) is 0 Å². The minimum absolute atomic E-state index is 0.0242. The maximum absolute atomic E-state index is 12.5. The summed E-state index contributed by atoms with van der Waals surface area (Å²) in [7, 11) is 4.55. The molecule has 0 rings (SSSR count). The topological polar surface area (TPSA) is 108 Å². The highest BCUT2D eigenvalue weighted by Gasteiger charge is 2.22. The number of hydrogen-bond donors (Lipinski definition) is 4. The van der Waals surface area contributed by atoms with Gasteiger partial charge in [0.15, 0.2) is 0 Å². The lowest BCUT2D eigenvalue weighted by Gasteiger charge is -2.29. The Morgan fingerprint density at radius 3 is 1.64 bits per heavy atom. The fourth-order valence-corrected chi connectivity index (χ4v) is 4.24. The third-order valence-electron chi connectivity index (χ3n) is 6.28. The molecular weight excluding hydrogens is 456 g/mol. The zero-order valence-electron chi connectivity index (χ0n) is 24.2. The molecule has 0 aromatic heterocycles. The van der Waals surface area contributed by atoms with Gasteiger partial charge in [-0.05, 0) is 66.2 Å². The van der Waals surface area contributed by atoms with E-state index in [1.807, 2.05) is 27.7 Å². The molecule has 8 nitrogen and oxygen atoms in total. The lowest BCUT2D eigenvalue weighted by Crippen LogP contribution is -2.49. The molecule has 8 heteroatoms. The van der Waals surface area contributed by atoms with Crippen LogP contribution in [0, 0.1) is 0 Å². The van der Waals surface area contributed by atoms with E-state index in [4.69, 9.17) is 5.11 Å². The molecule has 0 spiro atoms. The summed E-state index contributed by atoms with van der Waals surface area (Å²) in [5, 5.41) is 17.4. The first-order valence-corrected chi connectivity index (χ1v) is 14.3. The molecule has 3 amide bonds. The van der Waals surface area contributed by atoms with Crippen LogP contribution in [0.1, 0.15) is 111 Å². The van der Waals surface area contributed by atoms with Gasteiger partial charge in [0.1, 0.15) is 6.04 Å². The number of nitrogens with zero attached hydrogens (tertiary/aromatic N) is 1. The van der Waals surface area contributed by atoms with E-state index in [0.717, 1.165) is 43.1 Å². The van der Waals surface area contributed by atoms with E-state index < -0.39 is 6.04 Å². The van der Waals surface area contributed by atoms with Crippen molar-refractivity contribution < 1.29 is 24.0 Å². The van der Waals surface area contributed by atoms with Gasteiger partial charge in [0, 0.05) is 31.5 Å². The number of carbonyl (C=O) groups is 3. The molecule has 0 aliphatic rings. The lowest BCUT2D eigenvalue weighted by atomic mass is 10.1. The van der Waals surface area contributed by atoms with Gasteiger partial charge in [-0.1, -0.05) is 32.1 Å². The molecule has 1 unspecified atom stereocenters. The van der Waals surface area contributed by atoms with Gasteiger partial charge in [-0.2, -0.15) is 0 Å². The number of rotatable bonds is 22. The van der Waals surface area contributed by atoms with Crippen LogP contribution in [0.25, 0.3) is 0 Å². The number of aliphatic hydroxyl groups is 1. The Balaban J connectivity index is 4.05. The summed E-state index contributed by atoms with van der Waals surface area (Å²) in [5.74, 6) is -0.464. The number of hydrogen-bond acceptors (Lipinski definition) is 4. The largest absolute Gasteiger partial charge is 0.396 e. The maximum Gasteiger partial charge on any atom is 0.242 e. The highest BCUT2D eigenvalue weighted by atomic mass is 16.3. The van der Waals surface area contributed by atoms with Crippen LogP contribution < -0.4 is 16.0 Å². The number of nitrogens with one attached hydrogen (secondary N) is 3. The molecule has 0 heterocycles. The molecule has 4 N–H and O–H groups in total. The zero-order chi connectivity index (χ0) is 27.4. The summed E-state index contributed by atoms with van der Waals surface area (Å²) in [6.07, 6.45) is 12.0. The van der Waals surface area contributed by atoms with Gasteiger partial charge >= 0.3 is 0 Å². The van der Waals surface area contributed by atoms with Crippen molar-refractivity contribution in [3.05, 3.63) is 0 Å². The average Bonchev–Trinajstić information content (AvgIpc) is 2.76. The van der Waals surface area contributed by atoms with Crippen molar-refractivity contribution >= 4 is 17.7 Å². The van der Waals surface area contributed by atoms with Crippen LogP contribution in [0.2, 0.25) is 0 Å². The van der Waals surface area contributed by atoms with Crippen molar-refractivity contribution in [1.29, 1.82) is 0 Å². The molecule has 212 valence electrons. The molecule has 0 saturated heterocycles. The summed E-state index contributed by atoms with van der Waals surface area (Å²) in [6, 6.07) is -0.658. The summed E-state index contributed by atoms with van der Waals surface area (Å²) in [6.45, 7) is 10.2. The van der Waals surface area contributed by atoms with E-state index >= 15 is 0 Å². The maximum atomic E-state index is 12.5. The van der Waals surface area contributed by atoms with Crippen LogP contribution in [0.4, 0.5) is 0 Å². The Bertz CT molecular complexity index is 608. The highest BCUT2D eigenvalue weighted by Crippen LogP contribution is 2.12. The lowest BCUT2D eigenvalue weighted by molar-refractivity contribution is -0.890. The van der Waals surface area contributed by atoms with Crippen LogP contribution in [0.5, 0.6) is 0 Å². The molecule has 0 fully saturated rings. The molecule has 0 aliphatic heterocycles. The first-order chi connectivity index (χ1) is 17.0. The van der Waals surface area contributed by atoms with Gasteiger partial charge in [0.05, 0.1) is 27.2 Å². The molecule has 0 aromatic rings. The van der Waals surface area contributed by atoms with Gasteiger partial charge < -0.3 is 25.5 Å². The van der Waals surface area contributed by atoms with Crippen LogP contribution >= 0.6 is 0 Å². The molecule has 0 radical (unpaired) electrons. The van der Waals surface area contributed by atoms with E-state index in [1.165, 1.54) is 38.6 Å². The number of aliphatic hydroxyl groups excluding tert-OH is 1. The molecular formula is C28H57N4O4+. The predicted molar refractivity (Wildman–Crippen MR) is 147 cm³/mol. The predicted octanol–water partition coefficient (Wildman–Crippen LogP) is 3.66. The summed E-state index contributed by atoms with van der Waals surface area (Å²) >= 11 is 0. The van der Waals surface area contributed by atoms with Gasteiger partial charge in [-0.15, -0.1) is 0 Å². The van der Waals surface area contributed by atoms with E-state index in [2.05, 4.69) is 30.0 Å². The second-order valence-electron chi connectivity index (χ2n) is 11.4. The molecule has 0 aromatic carbocycles. The van der Waals surface area contributed by atoms with Gasteiger partial charge in [-0.25, -0.2) is 0 Å². The first-order valence-electron chi connectivity index (χ1n) is 14.3. The molecule has 0 bridgehead atoms. The van der Waals surface area contributed by atoms with Crippen molar-refractivity contribution in [2.24, 2.45) is 0 Å². The van der Waals surface area contributed by atoms with Crippen molar-refractivity contribution in [1.82, 2.24) is 16.0 Å². The number of amides is 3. The number of carbonyl (C=O) groups excluding carboxylic acids is 3. The SMILES string of the molecule is CC(C)NC(=O)CCC(NC(=O)CCCCCCCCCC[N+](C)(C)CCCCO)C(=O)NC(C)C. The van der Waals surface area contributed by atoms with Crippen molar-refractivity contribution in [2.75, 3.05) is 33.8 Å². The van der Waals surface area contributed by atoms with E-state index in [0.29, 0.717) is 19.4 Å². The van der Waals surface area contributed by atoms with E-state index in [-0.39, 0.29) is 36.2 Å². The van der Waals surface area contributed by atoms with Gasteiger partial charge in [0.2, 0.25) is 17.7 Å². The van der Waals surface area contributed by atoms with E-state index in [1.54, 1.807) is 0 Å². The van der Waals surface area contributed by atoms with Crippen molar-refractivity contribution in [3.63, 3.8) is 0 Å². The fraction of sp³-hybridized carbons (Fsp3) is 0.893. The minimum atomic E-state index is -0.684. The van der Waals surface area contributed by atoms with Crippen molar-refractivity contribution in [3.8, 4) is 0 Å². The fourth-order valence-electron chi connectivity index (χ4n) is 4.24. The zero-order valence-corrected chi connectivity index (χ0v) is 24.2. The highest BCUT2D eigenvalue weighted by molar-refractivity contribution is 5.88. The smallest absolute Gasteiger partial charge is 0.242 e. The first kappa shape index (κ1) is 34.3. The summed E-state index contributed by atoms with van der Waals surface area (Å²) in [4.78, 5) is 36.9. The molecule has 1 atom stereocenters. The van der Waals surface area contributed by atoms with Crippen LogP contribution in [0.15, 0.2) is 0 Å². The normalized spacial score (nSPS) is 12.6. The average molecular weight is 514 g/mol. The monoisotopic (exact) mass is 513 g/mol. The second-order valence-corrected chi connectivity index (χ2v) is 11.4. The Hall–Kier alpha value is -1.67. The minimum Gasteiger partial charge on any atom is -0.396 e. The molecule has 0 saturated carbocycles. The van der Waals surface area contributed by atoms with Gasteiger partial charge in [-0.3, -0.25) is 14.4 Å². The number of unbranched alkanes of at least 4 members (excludes halogenated alkanes) is 8. The quantitative estimate of drug-likeness (QED) is 0.131. The van der Waals surface area contributed by atoms with E-state index in [9.17, 15) is 14.4 Å². The van der Waals surface area contributed by atoms with Crippen LogP contribution in [-0.2, 0) is 14.4 Å². The molecule has 0 aliphatic carbocycles. The summed E-state index contributed by atoms with van der Waals surface area (Å²) < 4.78 is 1.03. The Morgan fingerprint density at radius 2 is 1.11 bits per heavy atom. The van der Waals surface area contributed by atoms with Crippen molar-refractivity contribution in [2.45, 2.75) is 129 Å². The van der Waals surface area contributed by atoms with Gasteiger partial charge in [0.25, 0.3) is 0 Å². The second kappa shape index (κ2) is 20.4. The Labute approximate surface area is 220 Å².